The van der Waals surface area contributed by atoms with Crippen LogP contribution in [0.5, 0.6) is 0 Å². The van der Waals surface area contributed by atoms with Gasteiger partial charge in [-0.25, -0.2) is 4.79 Å². The zero-order chi connectivity index (χ0) is 13.3. The third-order valence-corrected chi connectivity index (χ3v) is 3.29. The van der Waals surface area contributed by atoms with Crippen molar-refractivity contribution in [3.63, 3.8) is 0 Å². The Labute approximate surface area is 108 Å². The number of pyridine rings is 1. The van der Waals surface area contributed by atoms with Crippen molar-refractivity contribution in [1.29, 1.82) is 0 Å². The molecule has 0 spiro atoms. The van der Waals surface area contributed by atoms with Gasteiger partial charge in [-0.2, -0.15) is 0 Å². The Kier molecular flexibility index (Phi) is 3.66. The lowest BCUT2D eigenvalue weighted by molar-refractivity contribution is 0.0695. The molecule has 98 valence electrons. The summed E-state index contributed by atoms with van der Waals surface area (Å²) in [5, 5.41) is 9.12. The number of aromatic carboxylic acids is 1. The molecule has 0 saturated heterocycles. The SMILES string of the molecule is Cc1nc2c(cc1C(=O)O)CN(CC(C)C)CC2. The number of carboxylic acids is 1. The number of nitrogens with zero attached hydrogens (tertiary/aromatic N) is 2. The molecule has 2 heterocycles. The smallest absolute Gasteiger partial charge is 0.337 e. The molecule has 4 nitrogen and oxygen atoms in total. The second kappa shape index (κ2) is 5.06. The predicted octanol–water partition coefficient (Wildman–Crippen LogP) is 2.10. The molecule has 1 aliphatic heterocycles. The van der Waals surface area contributed by atoms with Crippen LogP contribution in [0.25, 0.3) is 0 Å². The first-order valence-corrected chi connectivity index (χ1v) is 6.42. The summed E-state index contributed by atoms with van der Waals surface area (Å²) in [4.78, 5) is 17.9. The van der Waals surface area contributed by atoms with Crippen molar-refractivity contribution in [2.45, 2.75) is 33.7 Å². The highest BCUT2D eigenvalue weighted by Gasteiger charge is 2.21. The largest absolute Gasteiger partial charge is 0.478 e. The quantitative estimate of drug-likeness (QED) is 0.890. The van der Waals surface area contributed by atoms with Crippen LogP contribution in [0.1, 0.15) is 41.2 Å². The highest BCUT2D eigenvalue weighted by atomic mass is 16.4. The molecule has 18 heavy (non-hydrogen) atoms. The van der Waals surface area contributed by atoms with E-state index in [9.17, 15) is 4.79 Å². The number of hydrogen-bond acceptors (Lipinski definition) is 3. The molecule has 0 bridgehead atoms. The summed E-state index contributed by atoms with van der Waals surface area (Å²) < 4.78 is 0. The predicted molar refractivity (Wildman–Crippen MR) is 69.8 cm³/mol. The minimum atomic E-state index is -0.885. The van der Waals surface area contributed by atoms with Gasteiger partial charge in [0.1, 0.15) is 0 Å². The van der Waals surface area contributed by atoms with Crippen molar-refractivity contribution >= 4 is 5.97 Å². The average Bonchev–Trinajstić information content (AvgIpc) is 2.27. The molecule has 1 N–H and O–H groups in total. The average molecular weight is 248 g/mol. The summed E-state index contributed by atoms with van der Waals surface area (Å²) in [6.45, 7) is 9.06. The van der Waals surface area contributed by atoms with Gasteiger partial charge in [0.15, 0.2) is 0 Å². The number of aryl methyl sites for hydroxylation is 1. The van der Waals surface area contributed by atoms with Gasteiger partial charge in [0.2, 0.25) is 0 Å². The third kappa shape index (κ3) is 2.70. The molecule has 1 aromatic heterocycles. The minimum absolute atomic E-state index is 0.333. The topological polar surface area (TPSA) is 53.4 Å². The number of carbonyl (C=O) groups is 1. The van der Waals surface area contributed by atoms with Gasteiger partial charge < -0.3 is 5.11 Å². The lowest BCUT2D eigenvalue weighted by Crippen LogP contribution is -2.34. The zero-order valence-electron chi connectivity index (χ0n) is 11.2. The molecule has 1 aromatic rings. The highest BCUT2D eigenvalue weighted by Crippen LogP contribution is 2.21. The van der Waals surface area contributed by atoms with E-state index in [2.05, 4.69) is 23.7 Å². The maximum atomic E-state index is 11.1. The van der Waals surface area contributed by atoms with Crippen LogP contribution in [-0.4, -0.2) is 34.0 Å². The lowest BCUT2D eigenvalue weighted by Gasteiger charge is -2.29. The van der Waals surface area contributed by atoms with E-state index in [1.165, 1.54) is 0 Å². The molecule has 0 unspecified atom stereocenters. The van der Waals surface area contributed by atoms with E-state index in [0.29, 0.717) is 17.2 Å². The fourth-order valence-corrected chi connectivity index (χ4v) is 2.52. The van der Waals surface area contributed by atoms with Gasteiger partial charge in [0, 0.05) is 31.7 Å². The normalized spacial score (nSPS) is 15.8. The summed E-state index contributed by atoms with van der Waals surface area (Å²) in [7, 11) is 0. The van der Waals surface area contributed by atoms with Crippen molar-refractivity contribution in [1.82, 2.24) is 9.88 Å². The van der Waals surface area contributed by atoms with Crippen molar-refractivity contribution in [3.05, 3.63) is 28.6 Å². The van der Waals surface area contributed by atoms with E-state index in [0.717, 1.165) is 37.3 Å². The molecule has 0 saturated carbocycles. The third-order valence-electron chi connectivity index (χ3n) is 3.29. The van der Waals surface area contributed by atoms with Crippen molar-refractivity contribution in [2.24, 2.45) is 5.92 Å². The summed E-state index contributed by atoms with van der Waals surface area (Å²) >= 11 is 0. The molecular formula is C14H20N2O2. The van der Waals surface area contributed by atoms with Crippen LogP contribution in [0.2, 0.25) is 0 Å². The Hall–Kier alpha value is -1.42. The first-order valence-electron chi connectivity index (χ1n) is 6.42. The molecular weight excluding hydrogens is 228 g/mol. The summed E-state index contributed by atoms with van der Waals surface area (Å²) in [6.07, 6.45) is 0.919. The first-order chi connectivity index (χ1) is 8.47. The summed E-state index contributed by atoms with van der Waals surface area (Å²) in [5.41, 5.74) is 3.10. The van der Waals surface area contributed by atoms with Crippen LogP contribution < -0.4 is 0 Å². The molecule has 0 aliphatic carbocycles. The van der Waals surface area contributed by atoms with E-state index < -0.39 is 5.97 Å². The van der Waals surface area contributed by atoms with E-state index in [1.807, 2.05) is 0 Å². The van der Waals surface area contributed by atoms with Gasteiger partial charge in [-0.3, -0.25) is 9.88 Å². The van der Waals surface area contributed by atoms with E-state index >= 15 is 0 Å². The molecule has 1 aliphatic rings. The maximum Gasteiger partial charge on any atom is 0.337 e. The summed E-state index contributed by atoms with van der Waals surface area (Å²) in [5.74, 6) is -0.257. The van der Waals surface area contributed by atoms with E-state index in [4.69, 9.17) is 5.11 Å². The maximum absolute atomic E-state index is 11.1. The number of fused-ring (bicyclic) bond motifs is 1. The van der Waals surface area contributed by atoms with Gasteiger partial charge >= 0.3 is 5.97 Å². The Morgan fingerprint density at radius 2 is 2.28 bits per heavy atom. The fraction of sp³-hybridized carbons (Fsp3) is 0.571. The Balaban J connectivity index is 2.25. The Morgan fingerprint density at radius 3 is 2.89 bits per heavy atom. The van der Waals surface area contributed by atoms with Crippen molar-refractivity contribution in [2.75, 3.05) is 13.1 Å². The van der Waals surface area contributed by atoms with Crippen LogP contribution in [0.3, 0.4) is 0 Å². The van der Waals surface area contributed by atoms with Crippen LogP contribution in [0.4, 0.5) is 0 Å². The molecule has 0 radical (unpaired) electrons. The van der Waals surface area contributed by atoms with Gasteiger partial charge in [-0.1, -0.05) is 13.8 Å². The van der Waals surface area contributed by atoms with Crippen LogP contribution in [-0.2, 0) is 13.0 Å². The van der Waals surface area contributed by atoms with Crippen molar-refractivity contribution < 1.29 is 9.90 Å². The van der Waals surface area contributed by atoms with Crippen LogP contribution in [0.15, 0.2) is 6.07 Å². The molecule has 0 fully saturated rings. The van der Waals surface area contributed by atoms with Gasteiger partial charge in [0.05, 0.1) is 11.3 Å². The monoisotopic (exact) mass is 248 g/mol. The van der Waals surface area contributed by atoms with Gasteiger partial charge in [-0.05, 0) is 24.5 Å². The molecule has 0 amide bonds. The first kappa shape index (κ1) is 13.0. The highest BCUT2D eigenvalue weighted by molar-refractivity contribution is 5.89. The number of aromatic nitrogens is 1. The number of rotatable bonds is 3. The Bertz CT molecular complexity index is 469. The molecule has 0 atom stereocenters. The molecule has 4 heteroatoms. The van der Waals surface area contributed by atoms with Gasteiger partial charge in [-0.15, -0.1) is 0 Å². The van der Waals surface area contributed by atoms with Crippen molar-refractivity contribution in [3.8, 4) is 0 Å². The van der Waals surface area contributed by atoms with Gasteiger partial charge in [0.25, 0.3) is 0 Å². The van der Waals surface area contributed by atoms with E-state index in [-0.39, 0.29) is 0 Å². The van der Waals surface area contributed by atoms with E-state index in [1.54, 1.807) is 13.0 Å². The van der Waals surface area contributed by atoms with Crippen LogP contribution >= 0.6 is 0 Å². The minimum Gasteiger partial charge on any atom is -0.478 e. The van der Waals surface area contributed by atoms with Crippen LogP contribution in [0, 0.1) is 12.8 Å². The number of hydrogen-bond donors (Lipinski definition) is 1. The fourth-order valence-electron chi connectivity index (χ4n) is 2.52. The zero-order valence-corrected chi connectivity index (χ0v) is 11.2. The Morgan fingerprint density at radius 1 is 1.56 bits per heavy atom. The molecule has 2 rings (SSSR count). The lowest BCUT2D eigenvalue weighted by atomic mass is 10.0. The molecule has 0 aromatic carbocycles. The standard InChI is InChI=1S/C14H20N2O2/c1-9(2)7-16-5-4-13-11(8-16)6-12(14(17)18)10(3)15-13/h6,9H,4-5,7-8H2,1-3H3,(H,17,18). The number of carboxylic acid groups (broad SMARTS) is 1. The second-order valence-corrected chi connectivity index (χ2v) is 5.41. The summed E-state index contributed by atoms with van der Waals surface area (Å²) in [6, 6.07) is 1.80. The second-order valence-electron chi connectivity index (χ2n) is 5.41.